The highest BCUT2D eigenvalue weighted by Gasteiger charge is 2.36. The van der Waals surface area contributed by atoms with E-state index in [9.17, 15) is 14.7 Å². The smallest absolute Gasteiger partial charge is 0.330 e. The fourth-order valence-corrected chi connectivity index (χ4v) is 2.35. The van der Waals surface area contributed by atoms with E-state index < -0.39 is 29.7 Å². The van der Waals surface area contributed by atoms with Gasteiger partial charge in [0.25, 0.3) is 5.56 Å². The Morgan fingerprint density at radius 3 is 3.14 bits per heavy atom. The molecule has 1 saturated heterocycles. The highest BCUT2D eigenvalue weighted by atomic mass is 79.9. The van der Waals surface area contributed by atoms with E-state index in [0.717, 1.165) is 0 Å². The van der Waals surface area contributed by atoms with Crippen molar-refractivity contribution in [3.05, 3.63) is 48.0 Å². The summed E-state index contributed by atoms with van der Waals surface area (Å²) in [6.07, 6.45) is 0.544. The van der Waals surface area contributed by atoms with Gasteiger partial charge in [0.05, 0.1) is 11.7 Å². The minimum absolute atomic E-state index is 0.133. The third-order valence-electron chi connectivity index (χ3n) is 3.09. The highest BCUT2D eigenvalue weighted by Crippen LogP contribution is 2.27. The van der Waals surface area contributed by atoms with E-state index in [2.05, 4.69) is 35.9 Å². The lowest BCUT2D eigenvalue weighted by molar-refractivity contribution is -0.0638. The lowest BCUT2D eigenvalue weighted by atomic mass is 10.2. The predicted molar refractivity (Wildman–Crippen MR) is 78.9 cm³/mol. The van der Waals surface area contributed by atoms with Gasteiger partial charge in [-0.3, -0.25) is 14.3 Å². The standard InChI is InChI=1S/C11H12BrN5O5/c12-2-1-6-4-17(11(20)14-10(6)19)9-3-7(18)8(22-9)5-21-16-15-13/h1-2,4,7-9,18H,3,5H2,(H,14,19,20)/b2-1+/t7-,8+,9+/m0/s1. The summed E-state index contributed by atoms with van der Waals surface area (Å²) >= 11 is 3.05. The van der Waals surface area contributed by atoms with Crippen LogP contribution in [0.5, 0.6) is 0 Å². The molecule has 0 unspecified atom stereocenters. The summed E-state index contributed by atoms with van der Waals surface area (Å²) in [6, 6.07) is 0. The van der Waals surface area contributed by atoms with E-state index in [4.69, 9.17) is 10.3 Å². The minimum atomic E-state index is -0.895. The molecule has 2 rings (SSSR count). The predicted octanol–water partition coefficient (Wildman–Crippen LogP) is 0.792. The lowest BCUT2D eigenvalue weighted by Gasteiger charge is -2.15. The Morgan fingerprint density at radius 1 is 1.68 bits per heavy atom. The van der Waals surface area contributed by atoms with Gasteiger partial charge >= 0.3 is 5.69 Å². The van der Waals surface area contributed by atoms with Crippen molar-refractivity contribution in [3.8, 4) is 0 Å². The molecule has 10 nitrogen and oxygen atoms in total. The number of aliphatic hydroxyl groups excluding tert-OH is 1. The van der Waals surface area contributed by atoms with Crippen LogP contribution in [0.3, 0.4) is 0 Å². The first kappa shape index (κ1) is 16.3. The summed E-state index contributed by atoms with van der Waals surface area (Å²) < 4.78 is 6.69. The molecule has 0 spiro atoms. The van der Waals surface area contributed by atoms with Crippen LogP contribution in [-0.2, 0) is 9.57 Å². The number of H-pyrrole nitrogens is 1. The average molecular weight is 374 g/mol. The van der Waals surface area contributed by atoms with Crippen molar-refractivity contribution in [2.45, 2.75) is 24.9 Å². The van der Waals surface area contributed by atoms with Crippen molar-refractivity contribution >= 4 is 22.0 Å². The summed E-state index contributed by atoms with van der Waals surface area (Å²) in [5, 5.41) is 12.8. The van der Waals surface area contributed by atoms with Crippen LogP contribution in [0.25, 0.3) is 16.5 Å². The molecule has 1 aliphatic rings. The van der Waals surface area contributed by atoms with Gasteiger partial charge in [-0.2, -0.15) is 0 Å². The van der Waals surface area contributed by atoms with Gasteiger partial charge in [-0.25, -0.2) is 4.79 Å². The zero-order valence-corrected chi connectivity index (χ0v) is 12.7. The maximum atomic E-state index is 11.9. The van der Waals surface area contributed by atoms with E-state index in [-0.39, 0.29) is 18.6 Å². The summed E-state index contributed by atoms with van der Waals surface area (Å²) in [5.74, 6) is 0. The van der Waals surface area contributed by atoms with Crippen LogP contribution in [0.2, 0.25) is 0 Å². The fourth-order valence-electron chi connectivity index (χ4n) is 2.07. The molecule has 1 aromatic rings. The van der Waals surface area contributed by atoms with E-state index in [1.165, 1.54) is 21.8 Å². The SMILES string of the molecule is [N-]=[N+]=NOC[C@H]1O[C@@H](n2cc(/C=C/Br)c(=O)[nH]c2=O)C[C@@H]1O. The van der Waals surface area contributed by atoms with Gasteiger partial charge in [0.15, 0.2) is 0 Å². The first-order chi connectivity index (χ1) is 10.6. The molecule has 0 bridgehead atoms. The quantitative estimate of drug-likeness (QED) is 0.339. The molecule has 2 N–H and O–H groups in total. The van der Waals surface area contributed by atoms with Crippen LogP contribution >= 0.6 is 15.9 Å². The Balaban J connectivity index is 2.22. The Bertz CT molecular complexity index is 722. The topological polar surface area (TPSA) is 142 Å². The Labute approximate surface area is 131 Å². The van der Waals surface area contributed by atoms with Crippen molar-refractivity contribution in [1.29, 1.82) is 0 Å². The van der Waals surface area contributed by atoms with Crippen molar-refractivity contribution in [2.24, 2.45) is 5.28 Å². The second kappa shape index (κ2) is 7.27. The number of aromatic amines is 1. The molecule has 1 fully saturated rings. The molecular weight excluding hydrogens is 362 g/mol. The number of ether oxygens (including phenoxy) is 1. The second-order valence-corrected chi connectivity index (χ2v) is 4.97. The normalized spacial score (nSPS) is 24.4. The summed E-state index contributed by atoms with van der Waals surface area (Å²) in [6.45, 7) is -0.145. The molecule has 0 aromatic carbocycles. The van der Waals surface area contributed by atoms with Gasteiger partial charge in [-0.05, 0) is 16.6 Å². The van der Waals surface area contributed by atoms with Crippen LogP contribution in [0.1, 0.15) is 18.2 Å². The molecule has 0 saturated carbocycles. The van der Waals surface area contributed by atoms with Crippen molar-refractivity contribution in [3.63, 3.8) is 0 Å². The van der Waals surface area contributed by atoms with Crippen LogP contribution in [0.15, 0.2) is 26.0 Å². The molecule has 2 heterocycles. The third-order valence-corrected chi connectivity index (χ3v) is 3.35. The van der Waals surface area contributed by atoms with Crippen LogP contribution in [0, 0.1) is 0 Å². The molecule has 118 valence electrons. The number of azide groups is 1. The number of hydrogen-bond donors (Lipinski definition) is 2. The van der Waals surface area contributed by atoms with Crippen molar-refractivity contribution in [1.82, 2.24) is 9.55 Å². The number of rotatable bonds is 5. The van der Waals surface area contributed by atoms with Crippen LogP contribution in [0.4, 0.5) is 0 Å². The average Bonchev–Trinajstić information content (AvgIpc) is 2.83. The number of halogens is 1. The van der Waals surface area contributed by atoms with Gasteiger partial charge in [0.1, 0.15) is 24.2 Å². The number of aromatic nitrogens is 2. The van der Waals surface area contributed by atoms with E-state index in [0.29, 0.717) is 0 Å². The van der Waals surface area contributed by atoms with Crippen molar-refractivity contribution < 1.29 is 14.7 Å². The molecular formula is C11H12BrN5O5. The molecule has 1 aromatic heterocycles. The van der Waals surface area contributed by atoms with E-state index in [1.54, 1.807) is 0 Å². The second-order valence-electron chi connectivity index (χ2n) is 4.44. The van der Waals surface area contributed by atoms with E-state index in [1.807, 2.05) is 0 Å². The summed E-state index contributed by atoms with van der Waals surface area (Å²) in [4.78, 5) is 34.1. The van der Waals surface area contributed by atoms with Crippen molar-refractivity contribution in [2.75, 3.05) is 6.61 Å². The molecule has 0 aliphatic carbocycles. The molecule has 22 heavy (non-hydrogen) atoms. The largest absolute Gasteiger partial charge is 0.431 e. The molecule has 1 aliphatic heterocycles. The molecule has 3 atom stereocenters. The van der Waals surface area contributed by atoms with Gasteiger partial charge in [-0.15, -0.1) is 0 Å². The minimum Gasteiger partial charge on any atom is -0.431 e. The monoisotopic (exact) mass is 373 g/mol. The number of nitrogens with zero attached hydrogens (tertiary/aromatic N) is 4. The zero-order chi connectivity index (χ0) is 16.1. The highest BCUT2D eigenvalue weighted by molar-refractivity contribution is 9.11. The lowest BCUT2D eigenvalue weighted by Crippen LogP contribution is -2.33. The Kier molecular flexibility index (Phi) is 5.39. The van der Waals surface area contributed by atoms with Crippen LogP contribution in [-0.4, -0.2) is 33.5 Å². The maximum absolute atomic E-state index is 11.9. The first-order valence-corrected chi connectivity index (χ1v) is 7.10. The van der Waals surface area contributed by atoms with Gasteiger partial charge in [0, 0.05) is 17.5 Å². The molecule has 0 radical (unpaired) electrons. The fraction of sp³-hybridized carbons (Fsp3) is 0.455. The van der Waals surface area contributed by atoms with Gasteiger partial charge in [-0.1, -0.05) is 15.9 Å². The molecule has 11 heteroatoms. The number of hydrogen-bond acceptors (Lipinski definition) is 6. The third kappa shape index (κ3) is 3.57. The summed E-state index contributed by atoms with van der Waals surface area (Å²) in [5.41, 5.74) is 7.20. The Morgan fingerprint density at radius 2 is 2.45 bits per heavy atom. The zero-order valence-electron chi connectivity index (χ0n) is 11.1. The maximum Gasteiger partial charge on any atom is 0.330 e. The first-order valence-electron chi connectivity index (χ1n) is 6.19. The number of nitrogens with one attached hydrogen (secondary N) is 1. The van der Waals surface area contributed by atoms with Gasteiger partial charge < -0.3 is 14.7 Å². The van der Waals surface area contributed by atoms with Gasteiger partial charge in [0.2, 0.25) is 0 Å². The van der Waals surface area contributed by atoms with Crippen LogP contribution < -0.4 is 11.2 Å². The summed E-state index contributed by atoms with van der Waals surface area (Å²) in [7, 11) is 0. The number of aliphatic hydroxyl groups is 1. The Hall–Kier alpha value is -2.07. The van der Waals surface area contributed by atoms with E-state index >= 15 is 0 Å². The molecule has 0 amide bonds.